The van der Waals surface area contributed by atoms with E-state index in [1.807, 2.05) is 0 Å². The third-order valence-electron chi connectivity index (χ3n) is 6.90. The molecule has 0 spiro atoms. The van der Waals surface area contributed by atoms with Gasteiger partial charge >= 0.3 is 5.97 Å². The molecule has 0 radical (unpaired) electrons. The predicted octanol–water partition coefficient (Wildman–Crippen LogP) is 2.84. The quantitative estimate of drug-likeness (QED) is 0.462. The Hall–Kier alpha value is -3.10. The molecule has 3 aromatic rings. The maximum Gasteiger partial charge on any atom is 0.343 e. The van der Waals surface area contributed by atoms with Crippen LogP contribution >= 0.6 is 0 Å². The first kappa shape index (κ1) is 21.7. The molecule has 0 bridgehead atoms. The van der Waals surface area contributed by atoms with Crippen molar-refractivity contribution in [1.29, 1.82) is 0 Å². The van der Waals surface area contributed by atoms with Gasteiger partial charge in [-0.2, -0.15) is 0 Å². The summed E-state index contributed by atoms with van der Waals surface area (Å²) in [6.45, 7) is 5.13. The number of aliphatic hydroxyl groups is 2. The number of benzene rings is 1. The number of aryl methyl sites for hydroxylation is 2. The van der Waals surface area contributed by atoms with Crippen molar-refractivity contribution in [2.45, 2.75) is 64.9 Å². The average molecular weight is 452 g/mol. The Balaban J connectivity index is 1.80. The molecule has 0 amide bonds. The highest BCUT2D eigenvalue weighted by atomic mass is 19.1. The highest BCUT2D eigenvalue weighted by Crippen LogP contribution is 2.40. The smallest absolute Gasteiger partial charge is 0.343 e. The van der Waals surface area contributed by atoms with Gasteiger partial charge in [-0.25, -0.2) is 14.2 Å². The number of nitrogens with zero attached hydrogens (tertiary/aromatic N) is 2. The number of esters is 1. The molecule has 172 valence electrons. The van der Waals surface area contributed by atoms with Crippen molar-refractivity contribution in [3.8, 4) is 11.4 Å². The van der Waals surface area contributed by atoms with E-state index in [0.717, 1.165) is 16.5 Å². The summed E-state index contributed by atoms with van der Waals surface area (Å²) in [6, 6.07) is 4.79. The highest BCUT2D eigenvalue weighted by Gasteiger charge is 2.45. The lowest BCUT2D eigenvalue weighted by Crippen LogP contribution is -2.44. The van der Waals surface area contributed by atoms with Crippen LogP contribution in [0.25, 0.3) is 22.3 Å². The average Bonchev–Trinajstić information content (AvgIpc) is 3.14. The van der Waals surface area contributed by atoms with Crippen LogP contribution in [0, 0.1) is 12.7 Å². The molecule has 0 saturated heterocycles. The van der Waals surface area contributed by atoms with Crippen LogP contribution < -0.4 is 5.56 Å². The molecule has 2 atom stereocenters. The van der Waals surface area contributed by atoms with Crippen molar-refractivity contribution in [3.63, 3.8) is 0 Å². The highest BCUT2D eigenvalue weighted by molar-refractivity contribution is 5.89. The number of fused-ring (bicyclic) bond motifs is 5. The maximum atomic E-state index is 14.4. The topological polar surface area (TPSA) is 102 Å². The van der Waals surface area contributed by atoms with E-state index in [0.29, 0.717) is 35.3 Å². The molecule has 2 N–H and O–H groups in total. The zero-order valence-electron chi connectivity index (χ0n) is 18.7. The fourth-order valence-electron chi connectivity index (χ4n) is 4.93. The summed E-state index contributed by atoms with van der Waals surface area (Å²) in [4.78, 5) is 30.5. The molecular formula is C25H25FN2O5. The molecule has 8 heteroatoms. The second kappa shape index (κ2) is 7.46. The fraction of sp³-hybridized carbons (Fsp3) is 0.400. The van der Waals surface area contributed by atoms with Crippen molar-refractivity contribution in [3.05, 3.63) is 62.2 Å². The van der Waals surface area contributed by atoms with E-state index >= 15 is 0 Å². The summed E-state index contributed by atoms with van der Waals surface area (Å²) < 4.78 is 21.1. The third kappa shape index (κ3) is 3.12. The molecule has 5 rings (SSSR count). The molecule has 2 aromatic heterocycles. The number of pyridine rings is 2. The fourth-order valence-corrected chi connectivity index (χ4v) is 4.93. The lowest BCUT2D eigenvalue weighted by molar-refractivity contribution is -0.172. The molecule has 0 aliphatic carbocycles. The number of ether oxygens (including phenoxy) is 1. The Bertz CT molecular complexity index is 1390. The monoisotopic (exact) mass is 452 g/mol. The summed E-state index contributed by atoms with van der Waals surface area (Å²) in [5, 5.41) is 21.7. The first-order valence-electron chi connectivity index (χ1n) is 11.1. The minimum Gasteiger partial charge on any atom is -0.458 e. The number of cyclic esters (lactones) is 1. The first-order valence-corrected chi connectivity index (χ1v) is 11.1. The van der Waals surface area contributed by atoms with Crippen molar-refractivity contribution >= 4 is 16.9 Å². The molecule has 33 heavy (non-hydrogen) atoms. The van der Waals surface area contributed by atoms with Crippen LogP contribution in [0.15, 0.2) is 23.0 Å². The Morgan fingerprint density at radius 1 is 1.27 bits per heavy atom. The standard InChI is InChI=1S/C25H25FN2O5/c1-4-25(32)18-8-21-22-16(10-28(21)23(30)17(18)11-33-24(25)31)14(6-5-13(3)29)15-7-12(2)19(26)9-20(15)27-22/h7-9,13,29,32H,4-6,10-11H2,1-3H3/t13-,25-/m0/s1. The van der Waals surface area contributed by atoms with E-state index in [4.69, 9.17) is 9.72 Å². The Morgan fingerprint density at radius 3 is 2.73 bits per heavy atom. The summed E-state index contributed by atoms with van der Waals surface area (Å²) in [5.74, 6) is -1.15. The molecule has 1 aromatic carbocycles. The molecule has 0 fully saturated rings. The van der Waals surface area contributed by atoms with E-state index in [-0.39, 0.29) is 42.1 Å². The lowest BCUT2D eigenvalue weighted by atomic mass is 9.86. The Kier molecular flexibility index (Phi) is 4.91. The van der Waals surface area contributed by atoms with E-state index < -0.39 is 17.7 Å². The molecule has 2 aliphatic heterocycles. The summed E-state index contributed by atoms with van der Waals surface area (Å²) in [7, 11) is 0. The van der Waals surface area contributed by atoms with Crippen LogP contribution in [-0.2, 0) is 34.7 Å². The van der Waals surface area contributed by atoms with E-state index in [1.165, 1.54) is 6.07 Å². The minimum atomic E-state index is -1.90. The number of carbonyl (C=O) groups is 1. The molecule has 7 nitrogen and oxygen atoms in total. The molecule has 0 saturated carbocycles. The zero-order chi connectivity index (χ0) is 23.7. The largest absolute Gasteiger partial charge is 0.458 e. The van der Waals surface area contributed by atoms with Crippen molar-refractivity contribution in [1.82, 2.24) is 9.55 Å². The summed E-state index contributed by atoms with van der Waals surface area (Å²) in [5.41, 5.74) is 1.98. The SMILES string of the molecule is CC[C@@]1(O)C(=O)OCc2c1cc1n(c2=O)Cc2c-1nc1cc(F)c(C)cc1c2CC[C@H](C)O. The number of hydrogen-bond acceptors (Lipinski definition) is 6. The number of carbonyl (C=O) groups excluding carboxylic acids is 1. The molecule has 0 unspecified atom stereocenters. The van der Waals surface area contributed by atoms with Crippen molar-refractivity contribution < 1.29 is 24.1 Å². The predicted molar refractivity (Wildman–Crippen MR) is 119 cm³/mol. The molecule has 4 heterocycles. The lowest BCUT2D eigenvalue weighted by Gasteiger charge is -2.31. The van der Waals surface area contributed by atoms with Crippen LogP contribution in [0.3, 0.4) is 0 Å². The number of halogens is 1. The van der Waals surface area contributed by atoms with E-state index in [2.05, 4.69) is 0 Å². The van der Waals surface area contributed by atoms with Crippen LogP contribution in [0.4, 0.5) is 4.39 Å². The van der Waals surface area contributed by atoms with Gasteiger partial charge < -0.3 is 19.5 Å². The number of rotatable bonds is 4. The number of aliphatic hydroxyl groups excluding tert-OH is 1. The van der Waals surface area contributed by atoms with Gasteiger partial charge in [-0.15, -0.1) is 0 Å². The van der Waals surface area contributed by atoms with Gasteiger partial charge in [0.1, 0.15) is 12.4 Å². The van der Waals surface area contributed by atoms with E-state index in [1.54, 1.807) is 37.5 Å². The first-order chi connectivity index (χ1) is 15.7. The van der Waals surface area contributed by atoms with Gasteiger partial charge in [0.2, 0.25) is 0 Å². The van der Waals surface area contributed by atoms with Gasteiger partial charge in [0.05, 0.1) is 35.1 Å². The van der Waals surface area contributed by atoms with Crippen LogP contribution in [-0.4, -0.2) is 31.8 Å². The van der Waals surface area contributed by atoms with Gasteiger partial charge in [0, 0.05) is 22.6 Å². The van der Waals surface area contributed by atoms with Gasteiger partial charge in [-0.05, 0) is 56.4 Å². The summed E-state index contributed by atoms with van der Waals surface area (Å²) >= 11 is 0. The third-order valence-corrected chi connectivity index (χ3v) is 6.90. The van der Waals surface area contributed by atoms with Gasteiger partial charge in [-0.3, -0.25) is 4.79 Å². The van der Waals surface area contributed by atoms with Gasteiger partial charge in [-0.1, -0.05) is 6.92 Å². The zero-order valence-corrected chi connectivity index (χ0v) is 18.7. The Morgan fingerprint density at radius 2 is 2.03 bits per heavy atom. The minimum absolute atomic E-state index is 0.0594. The number of aromatic nitrogens is 2. The Labute approximate surface area is 189 Å². The van der Waals surface area contributed by atoms with Gasteiger partial charge in [0.25, 0.3) is 5.56 Å². The maximum absolute atomic E-state index is 14.4. The number of hydrogen-bond donors (Lipinski definition) is 2. The van der Waals surface area contributed by atoms with Crippen LogP contribution in [0.2, 0.25) is 0 Å². The van der Waals surface area contributed by atoms with E-state index in [9.17, 15) is 24.2 Å². The molecule has 2 aliphatic rings. The molecular weight excluding hydrogens is 427 g/mol. The summed E-state index contributed by atoms with van der Waals surface area (Å²) in [6.07, 6.45) is 0.574. The second-order valence-corrected chi connectivity index (χ2v) is 9.03. The second-order valence-electron chi connectivity index (χ2n) is 9.03. The van der Waals surface area contributed by atoms with Crippen LogP contribution in [0.5, 0.6) is 0 Å². The van der Waals surface area contributed by atoms with Crippen molar-refractivity contribution in [2.24, 2.45) is 0 Å². The van der Waals surface area contributed by atoms with Crippen molar-refractivity contribution in [2.75, 3.05) is 0 Å². The van der Waals surface area contributed by atoms with Gasteiger partial charge in [0.15, 0.2) is 5.60 Å². The van der Waals surface area contributed by atoms with Crippen LogP contribution in [0.1, 0.15) is 54.5 Å². The normalized spacial score (nSPS) is 19.8.